The van der Waals surface area contributed by atoms with Crippen molar-refractivity contribution in [1.82, 2.24) is 4.98 Å². The third-order valence-corrected chi connectivity index (χ3v) is 3.33. The monoisotopic (exact) mass is 333 g/mol. The van der Waals surface area contributed by atoms with Gasteiger partial charge in [0.25, 0.3) is 0 Å². The van der Waals surface area contributed by atoms with Crippen molar-refractivity contribution in [2.45, 2.75) is 0 Å². The van der Waals surface area contributed by atoms with Gasteiger partial charge in [0, 0.05) is 11.8 Å². The molecule has 98 valence electrons. The third kappa shape index (κ3) is 3.74. The molecule has 2 rings (SSSR count). The van der Waals surface area contributed by atoms with Gasteiger partial charge in [-0.05, 0) is 18.2 Å². The van der Waals surface area contributed by atoms with Crippen LogP contribution in [-0.2, 0) is 0 Å². The summed E-state index contributed by atoms with van der Waals surface area (Å²) < 4.78 is 0. The number of nitrogens with zero attached hydrogens (tertiary/aromatic N) is 2. The van der Waals surface area contributed by atoms with E-state index in [1.807, 2.05) is 0 Å². The molecule has 0 saturated heterocycles. The fourth-order valence-corrected chi connectivity index (χ4v) is 2.21. The first-order chi connectivity index (χ1) is 9.08. The summed E-state index contributed by atoms with van der Waals surface area (Å²) in [5.74, 6) is 0.394. The molecule has 19 heavy (non-hydrogen) atoms. The predicted octanol–water partition coefficient (Wildman–Crippen LogP) is 5.14. The van der Waals surface area contributed by atoms with Crippen LogP contribution in [0.15, 0.2) is 35.6 Å². The van der Waals surface area contributed by atoms with Crippen molar-refractivity contribution < 1.29 is 0 Å². The zero-order valence-corrected chi connectivity index (χ0v) is 12.4. The lowest BCUT2D eigenvalue weighted by atomic mass is 10.2. The minimum Gasteiger partial charge on any atom is -0.260 e. The minimum absolute atomic E-state index is 0.370. The number of hydrogen-bond donors (Lipinski definition) is 1. The van der Waals surface area contributed by atoms with Crippen molar-refractivity contribution in [1.29, 1.82) is 0 Å². The second kappa shape index (κ2) is 6.44. The Morgan fingerprint density at radius 3 is 2.37 bits per heavy atom. The highest BCUT2D eigenvalue weighted by Gasteiger charge is 2.03. The van der Waals surface area contributed by atoms with Gasteiger partial charge >= 0.3 is 0 Å². The lowest BCUT2D eigenvalue weighted by molar-refractivity contribution is 1.23. The van der Waals surface area contributed by atoms with Gasteiger partial charge in [0.05, 0.1) is 26.3 Å². The van der Waals surface area contributed by atoms with E-state index in [2.05, 4.69) is 15.5 Å². The number of pyridine rings is 1. The van der Waals surface area contributed by atoms with Crippen LogP contribution in [0.2, 0.25) is 20.1 Å². The summed E-state index contributed by atoms with van der Waals surface area (Å²) in [6.45, 7) is 0. The molecule has 0 atom stereocenters. The molecule has 0 saturated carbocycles. The van der Waals surface area contributed by atoms with Crippen LogP contribution in [0.3, 0.4) is 0 Å². The second-order valence-corrected chi connectivity index (χ2v) is 5.15. The van der Waals surface area contributed by atoms with Gasteiger partial charge in [-0.1, -0.05) is 52.5 Å². The standard InChI is InChI=1S/C12H7Cl4N3/c13-7-4-11(16)12(17-5-7)19-18-6-8-9(14)2-1-3-10(8)15/h1-6H,(H,17,19)/b18-6+. The lowest BCUT2D eigenvalue weighted by Crippen LogP contribution is -1.95. The number of rotatable bonds is 3. The van der Waals surface area contributed by atoms with Gasteiger partial charge in [-0.25, -0.2) is 4.98 Å². The van der Waals surface area contributed by atoms with E-state index in [1.54, 1.807) is 24.3 Å². The maximum Gasteiger partial charge on any atom is 0.165 e. The van der Waals surface area contributed by atoms with E-state index >= 15 is 0 Å². The molecule has 0 fully saturated rings. The van der Waals surface area contributed by atoms with Crippen LogP contribution >= 0.6 is 46.4 Å². The van der Waals surface area contributed by atoms with E-state index in [1.165, 1.54) is 12.4 Å². The Hall–Kier alpha value is -1.000. The Kier molecular flexibility index (Phi) is 4.88. The van der Waals surface area contributed by atoms with E-state index in [4.69, 9.17) is 46.4 Å². The molecule has 7 heteroatoms. The van der Waals surface area contributed by atoms with Crippen LogP contribution < -0.4 is 5.43 Å². The molecule has 1 aromatic heterocycles. The highest BCUT2D eigenvalue weighted by atomic mass is 35.5. The average molecular weight is 335 g/mol. The maximum absolute atomic E-state index is 6.00. The van der Waals surface area contributed by atoms with Gasteiger partial charge in [0.1, 0.15) is 0 Å². The smallest absolute Gasteiger partial charge is 0.165 e. The quantitative estimate of drug-likeness (QED) is 0.623. The second-order valence-electron chi connectivity index (χ2n) is 3.49. The maximum atomic E-state index is 6.00. The normalized spacial score (nSPS) is 10.9. The number of nitrogens with one attached hydrogen (secondary N) is 1. The van der Waals surface area contributed by atoms with Gasteiger partial charge in [-0.15, -0.1) is 0 Å². The van der Waals surface area contributed by atoms with Crippen molar-refractivity contribution in [2.75, 3.05) is 5.43 Å². The van der Waals surface area contributed by atoms with Crippen LogP contribution in [0.25, 0.3) is 0 Å². The van der Waals surface area contributed by atoms with E-state index in [9.17, 15) is 0 Å². The Bertz CT molecular complexity index is 608. The summed E-state index contributed by atoms with van der Waals surface area (Å²) in [5.41, 5.74) is 3.31. The van der Waals surface area contributed by atoms with Gasteiger partial charge in [-0.2, -0.15) is 5.10 Å². The van der Waals surface area contributed by atoms with Crippen molar-refractivity contribution in [3.05, 3.63) is 56.1 Å². The van der Waals surface area contributed by atoms with Crippen LogP contribution in [0, 0.1) is 0 Å². The van der Waals surface area contributed by atoms with Gasteiger partial charge in [0.2, 0.25) is 0 Å². The first kappa shape index (κ1) is 14.4. The van der Waals surface area contributed by atoms with Crippen LogP contribution in [0.4, 0.5) is 5.82 Å². The molecule has 0 aliphatic carbocycles. The van der Waals surface area contributed by atoms with Crippen molar-refractivity contribution in [3.63, 3.8) is 0 Å². The summed E-state index contributed by atoms with van der Waals surface area (Å²) in [6, 6.07) is 6.77. The fourth-order valence-electron chi connectivity index (χ4n) is 1.29. The summed E-state index contributed by atoms with van der Waals surface area (Å²) in [5, 5.41) is 5.83. The molecule has 2 aromatic rings. The number of benzene rings is 1. The molecule has 0 amide bonds. The first-order valence-electron chi connectivity index (χ1n) is 5.12. The van der Waals surface area contributed by atoms with Crippen LogP contribution in [0.5, 0.6) is 0 Å². The zero-order chi connectivity index (χ0) is 13.8. The lowest BCUT2D eigenvalue weighted by Gasteiger charge is -2.03. The number of hydrazone groups is 1. The third-order valence-electron chi connectivity index (χ3n) is 2.17. The molecule has 0 unspecified atom stereocenters. The Labute approximate surface area is 130 Å². The van der Waals surface area contributed by atoms with Gasteiger partial charge < -0.3 is 0 Å². The van der Waals surface area contributed by atoms with Crippen LogP contribution in [-0.4, -0.2) is 11.2 Å². The van der Waals surface area contributed by atoms with Crippen LogP contribution in [0.1, 0.15) is 5.56 Å². The predicted molar refractivity (Wildman–Crippen MR) is 81.9 cm³/mol. The zero-order valence-electron chi connectivity index (χ0n) is 9.37. The molecular formula is C12H7Cl4N3. The fraction of sp³-hybridized carbons (Fsp3) is 0. The van der Waals surface area contributed by atoms with Crippen molar-refractivity contribution >= 4 is 58.4 Å². The van der Waals surface area contributed by atoms with E-state index < -0.39 is 0 Å². The summed E-state index contributed by atoms with van der Waals surface area (Å²) in [6.07, 6.45) is 2.96. The number of aromatic nitrogens is 1. The first-order valence-corrected chi connectivity index (χ1v) is 6.63. The molecule has 0 aliphatic heterocycles. The highest BCUT2D eigenvalue weighted by Crippen LogP contribution is 2.24. The topological polar surface area (TPSA) is 37.3 Å². The summed E-state index contributed by atoms with van der Waals surface area (Å²) in [4.78, 5) is 4.00. The number of hydrogen-bond acceptors (Lipinski definition) is 3. The van der Waals surface area contributed by atoms with E-state index in [0.717, 1.165) is 0 Å². The molecule has 0 radical (unpaired) electrons. The molecular weight excluding hydrogens is 328 g/mol. The van der Waals surface area contributed by atoms with Crippen molar-refractivity contribution in [2.24, 2.45) is 5.10 Å². The van der Waals surface area contributed by atoms with E-state index in [0.29, 0.717) is 31.5 Å². The van der Waals surface area contributed by atoms with E-state index in [-0.39, 0.29) is 0 Å². The molecule has 0 spiro atoms. The summed E-state index contributed by atoms with van der Waals surface area (Å²) in [7, 11) is 0. The minimum atomic E-state index is 0.370. The van der Waals surface area contributed by atoms with Crippen molar-refractivity contribution in [3.8, 4) is 0 Å². The molecule has 3 nitrogen and oxygen atoms in total. The molecule has 0 aliphatic rings. The number of anilines is 1. The Balaban J connectivity index is 2.16. The largest absolute Gasteiger partial charge is 0.260 e. The van der Waals surface area contributed by atoms with Gasteiger partial charge in [0.15, 0.2) is 5.82 Å². The molecule has 1 N–H and O–H groups in total. The highest BCUT2D eigenvalue weighted by molar-refractivity contribution is 6.38. The Morgan fingerprint density at radius 1 is 1.05 bits per heavy atom. The molecule has 0 bridgehead atoms. The summed E-state index contributed by atoms with van der Waals surface area (Å²) >= 11 is 23.7. The SMILES string of the molecule is Clc1cnc(N/N=C/c2c(Cl)cccc2Cl)c(Cl)c1. The molecule has 1 heterocycles. The Morgan fingerprint density at radius 2 is 1.74 bits per heavy atom. The number of halogens is 4. The average Bonchev–Trinajstić information content (AvgIpc) is 2.35. The van der Waals surface area contributed by atoms with Gasteiger partial charge in [-0.3, -0.25) is 5.43 Å². The molecule has 1 aromatic carbocycles.